The fourth-order valence-corrected chi connectivity index (χ4v) is 3.50. The van der Waals surface area contributed by atoms with Crippen molar-refractivity contribution in [3.63, 3.8) is 0 Å². The average Bonchev–Trinajstić information content (AvgIpc) is 2.75. The van der Waals surface area contributed by atoms with Crippen LogP contribution in [0.1, 0.15) is 30.7 Å². The third-order valence-corrected chi connectivity index (χ3v) is 4.26. The minimum Gasteiger partial charge on any atom is -0.398 e. The van der Waals surface area contributed by atoms with Crippen LogP contribution in [0, 0.1) is 11.8 Å². The Bertz CT molecular complexity index is 377. The highest BCUT2D eigenvalue weighted by Crippen LogP contribution is 2.53. The lowest BCUT2D eigenvalue weighted by Crippen LogP contribution is -2.15. The molecule has 0 radical (unpaired) electrons. The maximum atomic E-state index is 10.0. The number of aliphatic hydroxyl groups excluding tert-OH is 1. The Morgan fingerprint density at radius 2 is 2.00 bits per heavy atom. The van der Waals surface area contributed by atoms with E-state index in [4.69, 9.17) is 5.73 Å². The molecule has 2 nitrogen and oxygen atoms in total. The Morgan fingerprint density at radius 1 is 1.20 bits per heavy atom. The van der Waals surface area contributed by atoms with E-state index in [0.29, 0.717) is 17.8 Å². The first kappa shape index (κ1) is 9.22. The quantitative estimate of drug-likeness (QED) is 0.687. The molecule has 0 aliphatic heterocycles. The van der Waals surface area contributed by atoms with Crippen molar-refractivity contribution in [1.82, 2.24) is 0 Å². The van der Waals surface area contributed by atoms with Gasteiger partial charge >= 0.3 is 0 Å². The highest BCUT2D eigenvalue weighted by Gasteiger charge is 2.47. The van der Waals surface area contributed by atoms with E-state index in [-0.39, 0.29) is 6.10 Å². The van der Waals surface area contributed by atoms with Crippen molar-refractivity contribution in [2.45, 2.75) is 31.3 Å². The van der Waals surface area contributed by atoms with Crippen LogP contribution in [0.2, 0.25) is 0 Å². The van der Waals surface area contributed by atoms with Crippen LogP contribution in [0.3, 0.4) is 0 Å². The molecule has 2 bridgehead atoms. The van der Waals surface area contributed by atoms with Crippen molar-refractivity contribution in [2.75, 3.05) is 5.73 Å². The normalized spacial score (nSPS) is 38.5. The number of benzene rings is 1. The van der Waals surface area contributed by atoms with Gasteiger partial charge in [0.1, 0.15) is 0 Å². The van der Waals surface area contributed by atoms with Gasteiger partial charge in [-0.3, -0.25) is 0 Å². The van der Waals surface area contributed by atoms with Gasteiger partial charge in [0.15, 0.2) is 0 Å². The third-order valence-electron chi connectivity index (χ3n) is 4.26. The van der Waals surface area contributed by atoms with Gasteiger partial charge in [-0.1, -0.05) is 18.2 Å². The number of hydrogen-bond acceptors (Lipinski definition) is 2. The molecule has 1 aromatic rings. The average molecular weight is 203 g/mol. The maximum Gasteiger partial charge on any atom is 0.0602 e. The lowest BCUT2D eigenvalue weighted by molar-refractivity contribution is 0.126. The molecule has 1 aromatic carbocycles. The molecule has 2 heteroatoms. The summed E-state index contributed by atoms with van der Waals surface area (Å²) >= 11 is 0. The SMILES string of the molecule is Nc1ccccc1[C@H]1C[C@H]2CC[C@@H]1[C@H]2O. The van der Waals surface area contributed by atoms with E-state index in [9.17, 15) is 5.11 Å². The third kappa shape index (κ3) is 1.28. The number of rotatable bonds is 1. The topological polar surface area (TPSA) is 46.2 Å². The Morgan fingerprint density at radius 3 is 2.60 bits per heavy atom. The van der Waals surface area contributed by atoms with Crippen LogP contribution in [-0.4, -0.2) is 11.2 Å². The highest BCUT2D eigenvalue weighted by molar-refractivity contribution is 5.49. The van der Waals surface area contributed by atoms with Gasteiger partial charge in [0.05, 0.1) is 6.10 Å². The molecule has 4 atom stereocenters. The Balaban J connectivity index is 1.94. The molecule has 0 spiro atoms. The first-order valence-electron chi connectivity index (χ1n) is 5.80. The Labute approximate surface area is 90.1 Å². The molecule has 3 rings (SSSR count). The standard InChI is InChI=1S/C13H17NO/c14-12-4-2-1-3-9(12)11-7-8-5-6-10(11)13(8)15/h1-4,8,10-11,13,15H,5-7,14H2/t8-,10+,11-,13+/m1/s1. The van der Waals surface area contributed by atoms with Gasteiger partial charge in [-0.05, 0) is 48.6 Å². The smallest absolute Gasteiger partial charge is 0.0602 e. The van der Waals surface area contributed by atoms with Crippen LogP contribution in [0.15, 0.2) is 24.3 Å². The summed E-state index contributed by atoms with van der Waals surface area (Å²) in [6.07, 6.45) is 3.43. The molecular formula is C13H17NO. The molecule has 2 aliphatic carbocycles. The molecular weight excluding hydrogens is 186 g/mol. The first-order chi connectivity index (χ1) is 7.27. The van der Waals surface area contributed by atoms with Crippen LogP contribution in [-0.2, 0) is 0 Å². The summed E-state index contributed by atoms with van der Waals surface area (Å²) in [4.78, 5) is 0. The molecule has 0 amide bonds. The second-order valence-electron chi connectivity index (χ2n) is 4.96. The lowest BCUT2D eigenvalue weighted by atomic mass is 9.83. The Kier molecular flexibility index (Phi) is 1.99. The molecule has 0 unspecified atom stereocenters. The van der Waals surface area contributed by atoms with Crippen molar-refractivity contribution in [1.29, 1.82) is 0 Å². The summed E-state index contributed by atoms with van der Waals surface area (Å²) < 4.78 is 0. The van der Waals surface area contributed by atoms with E-state index >= 15 is 0 Å². The number of fused-ring (bicyclic) bond motifs is 2. The van der Waals surface area contributed by atoms with E-state index in [1.54, 1.807) is 0 Å². The summed E-state index contributed by atoms with van der Waals surface area (Å²) in [5.41, 5.74) is 8.14. The summed E-state index contributed by atoms with van der Waals surface area (Å²) in [5.74, 6) is 1.49. The van der Waals surface area contributed by atoms with Gasteiger partial charge in [-0.2, -0.15) is 0 Å². The molecule has 2 fully saturated rings. The molecule has 0 heterocycles. The first-order valence-corrected chi connectivity index (χ1v) is 5.80. The monoisotopic (exact) mass is 203 g/mol. The van der Waals surface area contributed by atoms with Crippen LogP contribution < -0.4 is 5.73 Å². The molecule has 2 saturated carbocycles. The second-order valence-corrected chi connectivity index (χ2v) is 4.96. The van der Waals surface area contributed by atoms with Crippen LogP contribution in [0.5, 0.6) is 0 Å². The molecule has 3 N–H and O–H groups in total. The van der Waals surface area contributed by atoms with Gasteiger partial charge < -0.3 is 10.8 Å². The van der Waals surface area contributed by atoms with Crippen molar-refractivity contribution in [2.24, 2.45) is 11.8 Å². The molecule has 15 heavy (non-hydrogen) atoms. The predicted molar refractivity (Wildman–Crippen MR) is 60.4 cm³/mol. The van der Waals surface area contributed by atoms with Gasteiger partial charge in [0.2, 0.25) is 0 Å². The number of anilines is 1. The van der Waals surface area contributed by atoms with Gasteiger partial charge in [-0.25, -0.2) is 0 Å². The number of aliphatic hydroxyl groups is 1. The zero-order chi connectivity index (χ0) is 10.4. The summed E-state index contributed by atoms with van der Waals surface area (Å²) in [7, 11) is 0. The summed E-state index contributed by atoms with van der Waals surface area (Å²) in [6.45, 7) is 0. The van der Waals surface area contributed by atoms with E-state index < -0.39 is 0 Å². The minimum atomic E-state index is -0.0744. The zero-order valence-electron chi connectivity index (χ0n) is 8.76. The van der Waals surface area contributed by atoms with Gasteiger partial charge in [-0.15, -0.1) is 0 Å². The maximum absolute atomic E-state index is 10.0. The van der Waals surface area contributed by atoms with Crippen molar-refractivity contribution >= 4 is 5.69 Å². The van der Waals surface area contributed by atoms with Crippen LogP contribution in [0.4, 0.5) is 5.69 Å². The largest absolute Gasteiger partial charge is 0.398 e. The summed E-state index contributed by atoms with van der Waals surface area (Å²) in [5, 5.41) is 10.0. The van der Waals surface area contributed by atoms with Crippen LogP contribution in [0.25, 0.3) is 0 Å². The Hall–Kier alpha value is -1.02. The van der Waals surface area contributed by atoms with E-state index in [1.165, 1.54) is 18.4 Å². The van der Waals surface area contributed by atoms with Gasteiger partial charge in [0, 0.05) is 5.69 Å². The number of nitrogens with two attached hydrogens (primary N) is 1. The predicted octanol–water partition coefficient (Wildman–Crippen LogP) is 2.14. The number of nitrogen functional groups attached to an aromatic ring is 1. The molecule has 2 aliphatic rings. The van der Waals surface area contributed by atoms with E-state index in [1.807, 2.05) is 18.2 Å². The highest BCUT2D eigenvalue weighted by atomic mass is 16.3. The van der Waals surface area contributed by atoms with Crippen molar-refractivity contribution in [3.8, 4) is 0 Å². The zero-order valence-corrected chi connectivity index (χ0v) is 8.76. The summed E-state index contributed by atoms with van der Waals surface area (Å²) in [6, 6.07) is 8.10. The fraction of sp³-hybridized carbons (Fsp3) is 0.538. The lowest BCUT2D eigenvalue weighted by Gasteiger charge is -2.23. The van der Waals surface area contributed by atoms with Gasteiger partial charge in [0.25, 0.3) is 0 Å². The van der Waals surface area contributed by atoms with Crippen LogP contribution >= 0.6 is 0 Å². The number of para-hydroxylation sites is 1. The minimum absolute atomic E-state index is 0.0744. The second kappa shape index (κ2) is 3.24. The molecule has 80 valence electrons. The van der Waals surface area contributed by atoms with Crippen molar-refractivity contribution < 1.29 is 5.11 Å². The molecule has 0 aromatic heterocycles. The van der Waals surface area contributed by atoms with Crippen molar-refractivity contribution in [3.05, 3.63) is 29.8 Å². The molecule has 0 saturated heterocycles. The van der Waals surface area contributed by atoms with E-state index in [2.05, 4.69) is 6.07 Å². The number of hydrogen-bond donors (Lipinski definition) is 2. The van der Waals surface area contributed by atoms with E-state index in [0.717, 1.165) is 12.1 Å². The fourth-order valence-electron chi connectivity index (χ4n) is 3.50.